The first kappa shape index (κ1) is 12.9. The van der Waals surface area contributed by atoms with Crippen molar-refractivity contribution in [2.24, 2.45) is 5.92 Å². The lowest BCUT2D eigenvalue weighted by molar-refractivity contribution is -0.145. The molecule has 1 aromatic rings. The highest BCUT2D eigenvalue weighted by molar-refractivity contribution is 6.62. The second-order valence-electron chi connectivity index (χ2n) is 4.23. The van der Waals surface area contributed by atoms with Crippen LogP contribution in [0.5, 0.6) is 5.75 Å². The van der Waals surface area contributed by atoms with Gasteiger partial charge in [-0.15, -0.1) is 0 Å². The van der Waals surface area contributed by atoms with E-state index in [0.29, 0.717) is 17.8 Å². The standard InChI is InChI=1S/C12H15BO5/c1-8(12(14)16-2)6-17-10-5-3-4-9-7-18-13(15)11(9)10/h3-5,8,15H,6-7H2,1-2H3/t8-/m0/s1. The molecule has 0 bridgehead atoms. The minimum atomic E-state index is -0.954. The van der Waals surface area contributed by atoms with E-state index in [1.807, 2.05) is 12.1 Å². The van der Waals surface area contributed by atoms with Gasteiger partial charge in [-0.2, -0.15) is 0 Å². The maximum Gasteiger partial charge on any atom is 0.495 e. The second kappa shape index (κ2) is 5.41. The van der Waals surface area contributed by atoms with Gasteiger partial charge in [0.1, 0.15) is 12.4 Å². The molecule has 1 aromatic carbocycles. The Kier molecular flexibility index (Phi) is 3.89. The molecule has 1 aliphatic heterocycles. The SMILES string of the molecule is COC(=O)[C@@H](C)COc1cccc2c1B(O)OC2. The number of carbonyl (C=O) groups is 1. The van der Waals surface area contributed by atoms with Gasteiger partial charge in [0.15, 0.2) is 0 Å². The zero-order valence-electron chi connectivity index (χ0n) is 10.4. The van der Waals surface area contributed by atoms with E-state index in [2.05, 4.69) is 4.74 Å². The van der Waals surface area contributed by atoms with E-state index in [0.717, 1.165) is 5.56 Å². The normalized spacial score (nSPS) is 15.2. The highest BCUT2D eigenvalue weighted by Gasteiger charge is 2.31. The summed E-state index contributed by atoms with van der Waals surface area (Å²) in [4.78, 5) is 11.3. The van der Waals surface area contributed by atoms with E-state index in [-0.39, 0.29) is 18.5 Å². The van der Waals surface area contributed by atoms with Gasteiger partial charge >= 0.3 is 13.1 Å². The van der Waals surface area contributed by atoms with Crippen LogP contribution in [0.25, 0.3) is 0 Å². The largest absolute Gasteiger partial charge is 0.495 e. The molecule has 18 heavy (non-hydrogen) atoms. The minimum absolute atomic E-state index is 0.204. The first-order valence-electron chi connectivity index (χ1n) is 5.75. The number of benzene rings is 1. The molecule has 1 atom stereocenters. The molecule has 0 amide bonds. The summed E-state index contributed by atoms with van der Waals surface area (Å²) < 4.78 is 15.3. The summed E-state index contributed by atoms with van der Waals surface area (Å²) >= 11 is 0. The average molecular weight is 250 g/mol. The van der Waals surface area contributed by atoms with Gasteiger partial charge in [-0.3, -0.25) is 4.79 Å². The van der Waals surface area contributed by atoms with E-state index in [9.17, 15) is 9.82 Å². The van der Waals surface area contributed by atoms with Crippen molar-refractivity contribution in [3.8, 4) is 5.75 Å². The lowest BCUT2D eigenvalue weighted by Crippen LogP contribution is -2.31. The van der Waals surface area contributed by atoms with Gasteiger partial charge < -0.3 is 19.2 Å². The monoisotopic (exact) mass is 250 g/mol. The molecule has 5 nitrogen and oxygen atoms in total. The van der Waals surface area contributed by atoms with E-state index in [1.165, 1.54) is 7.11 Å². The van der Waals surface area contributed by atoms with E-state index < -0.39 is 7.12 Å². The Bertz CT molecular complexity index is 448. The summed E-state index contributed by atoms with van der Waals surface area (Å²) in [7, 11) is 0.390. The topological polar surface area (TPSA) is 65.0 Å². The van der Waals surface area contributed by atoms with Crippen molar-refractivity contribution in [1.29, 1.82) is 0 Å². The van der Waals surface area contributed by atoms with Crippen molar-refractivity contribution in [3.05, 3.63) is 23.8 Å². The molecule has 2 rings (SSSR count). The van der Waals surface area contributed by atoms with Gasteiger partial charge in [0.05, 0.1) is 19.6 Å². The Morgan fingerprint density at radius 2 is 2.39 bits per heavy atom. The lowest BCUT2D eigenvalue weighted by Gasteiger charge is -2.13. The van der Waals surface area contributed by atoms with Gasteiger partial charge in [-0.1, -0.05) is 12.1 Å². The quantitative estimate of drug-likeness (QED) is 0.606. The number of hydrogen-bond acceptors (Lipinski definition) is 5. The highest BCUT2D eigenvalue weighted by Crippen LogP contribution is 2.18. The van der Waals surface area contributed by atoms with Crippen molar-refractivity contribution < 1.29 is 23.9 Å². The predicted molar refractivity (Wildman–Crippen MR) is 65.5 cm³/mol. The van der Waals surface area contributed by atoms with Crippen LogP contribution in [-0.4, -0.2) is 31.8 Å². The molecule has 0 fully saturated rings. The third-order valence-electron chi connectivity index (χ3n) is 2.89. The molecular weight excluding hydrogens is 235 g/mol. The Morgan fingerprint density at radius 3 is 3.11 bits per heavy atom. The molecule has 0 spiro atoms. The van der Waals surface area contributed by atoms with Crippen LogP contribution in [0.1, 0.15) is 12.5 Å². The van der Waals surface area contributed by atoms with E-state index in [4.69, 9.17) is 9.39 Å². The number of methoxy groups -OCH3 is 1. The van der Waals surface area contributed by atoms with Gasteiger partial charge in [-0.05, 0) is 18.6 Å². The van der Waals surface area contributed by atoms with E-state index >= 15 is 0 Å². The smallest absolute Gasteiger partial charge is 0.493 e. The average Bonchev–Trinajstić information content (AvgIpc) is 2.77. The van der Waals surface area contributed by atoms with Crippen LogP contribution in [0, 0.1) is 5.92 Å². The number of esters is 1. The number of carbonyl (C=O) groups excluding carboxylic acids is 1. The van der Waals surface area contributed by atoms with Gasteiger partial charge in [0.2, 0.25) is 0 Å². The van der Waals surface area contributed by atoms with Crippen LogP contribution in [0.4, 0.5) is 0 Å². The van der Waals surface area contributed by atoms with Gasteiger partial charge in [-0.25, -0.2) is 0 Å². The maximum absolute atomic E-state index is 11.3. The summed E-state index contributed by atoms with van der Waals surface area (Å²) in [6.07, 6.45) is 0. The molecule has 0 aromatic heterocycles. The third kappa shape index (κ3) is 2.49. The first-order valence-corrected chi connectivity index (χ1v) is 5.75. The van der Waals surface area contributed by atoms with Gasteiger partial charge in [0, 0.05) is 5.46 Å². The Hall–Kier alpha value is -1.53. The fraction of sp³-hybridized carbons (Fsp3) is 0.417. The lowest BCUT2D eigenvalue weighted by atomic mass is 9.79. The molecule has 0 unspecified atom stereocenters. The maximum atomic E-state index is 11.3. The number of fused-ring (bicyclic) bond motifs is 1. The van der Waals surface area contributed by atoms with E-state index in [1.54, 1.807) is 13.0 Å². The minimum Gasteiger partial charge on any atom is -0.493 e. The molecule has 1 heterocycles. The number of hydrogen-bond donors (Lipinski definition) is 1. The summed E-state index contributed by atoms with van der Waals surface area (Å²) in [5, 5.41) is 9.69. The summed E-state index contributed by atoms with van der Waals surface area (Å²) in [5.74, 6) is -0.127. The van der Waals surface area contributed by atoms with Crippen molar-refractivity contribution >= 4 is 18.6 Å². The molecule has 0 aliphatic carbocycles. The molecule has 6 heteroatoms. The number of rotatable bonds is 4. The third-order valence-corrected chi connectivity index (χ3v) is 2.89. The first-order chi connectivity index (χ1) is 8.63. The Morgan fingerprint density at radius 1 is 1.61 bits per heavy atom. The molecular formula is C12H15BO5. The summed E-state index contributed by atoms with van der Waals surface area (Å²) in [6, 6.07) is 5.46. The number of ether oxygens (including phenoxy) is 2. The van der Waals surface area contributed by atoms with Crippen molar-refractivity contribution in [2.75, 3.05) is 13.7 Å². The molecule has 96 valence electrons. The van der Waals surface area contributed by atoms with Crippen molar-refractivity contribution in [3.63, 3.8) is 0 Å². The molecule has 1 aliphatic rings. The van der Waals surface area contributed by atoms with Gasteiger partial charge in [0.25, 0.3) is 0 Å². The van der Waals surface area contributed by atoms with Crippen LogP contribution in [0.2, 0.25) is 0 Å². The second-order valence-corrected chi connectivity index (χ2v) is 4.23. The fourth-order valence-electron chi connectivity index (χ4n) is 1.86. The molecule has 0 saturated carbocycles. The van der Waals surface area contributed by atoms with Crippen LogP contribution in [0.3, 0.4) is 0 Å². The molecule has 1 N–H and O–H groups in total. The highest BCUT2D eigenvalue weighted by atomic mass is 16.5. The van der Waals surface area contributed by atoms with Crippen molar-refractivity contribution in [1.82, 2.24) is 0 Å². The Labute approximate surface area is 106 Å². The molecule has 0 radical (unpaired) electrons. The Balaban J connectivity index is 2.07. The predicted octanol–water partition coefficient (Wildman–Crippen LogP) is 0.0922. The van der Waals surface area contributed by atoms with Crippen LogP contribution in [0.15, 0.2) is 18.2 Å². The van der Waals surface area contributed by atoms with Crippen LogP contribution in [-0.2, 0) is 20.8 Å². The van der Waals surface area contributed by atoms with Crippen LogP contribution >= 0.6 is 0 Å². The van der Waals surface area contributed by atoms with Crippen molar-refractivity contribution in [2.45, 2.75) is 13.5 Å². The zero-order valence-corrected chi connectivity index (χ0v) is 10.4. The summed E-state index contributed by atoms with van der Waals surface area (Å²) in [6.45, 7) is 2.30. The molecule has 0 saturated heterocycles. The summed E-state index contributed by atoms with van der Waals surface area (Å²) in [5.41, 5.74) is 1.56. The zero-order chi connectivity index (χ0) is 13.1. The fourth-order valence-corrected chi connectivity index (χ4v) is 1.86. The van der Waals surface area contributed by atoms with Crippen LogP contribution < -0.4 is 10.2 Å².